The van der Waals surface area contributed by atoms with Crippen molar-refractivity contribution in [3.63, 3.8) is 0 Å². The Hall–Kier alpha value is -0.120. The number of nitrogens with zero attached hydrogens (tertiary/aromatic N) is 2. The van der Waals surface area contributed by atoms with E-state index in [2.05, 4.69) is 43.1 Å². The molecule has 2 atom stereocenters. The molecule has 1 aliphatic rings. The molecule has 0 aromatic heterocycles. The number of piperazine rings is 1. The lowest BCUT2D eigenvalue weighted by Gasteiger charge is -2.42. The maximum atomic E-state index is 3.81. The van der Waals surface area contributed by atoms with Crippen LogP contribution in [-0.2, 0) is 0 Å². The zero-order chi connectivity index (χ0) is 14.8. The first-order valence-electron chi connectivity index (χ1n) is 8.81. The van der Waals surface area contributed by atoms with Crippen molar-refractivity contribution in [1.29, 1.82) is 0 Å². The molecule has 1 N–H and O–H groups in total. The van der Waals surface area contributed by atoms with Gasteiger partial charge in [0.25, 0.3) is 0 Å². The average molecular weight is 284 g/mol. The van der Waals surface area contributed by atoms with E-state index in [1.807, 2.05) is 0 Å². The first-order chi connectivity index (χ1) is 9.69. The summed E-state index contributed by atoms with van der Waals surface area (Å²) < 4.78 is 0. The second kappa shape index (κ2) is 10.6. The van der Waals surface area contributed by atoms with Crippen LogP contribution in [-0.4, -0.2) is 62.2 Å². The van der Waals surface area contributed by atoms with Crippen LogP contribution in [0.4, 0.5) is 0 Å². The fourth-order valence-corrected chi connectivity index (χ4v) is 3.21. The SMILES string of the molecule is CCCCCCCC(NCCC)C1CN(C)CCN1C. The molecule has 0 aromatic rings. The van der Waals surface area contributed by atoms with E-state index < -0.39 is 0 Å². The molecule has 2 unspecified atom stereocenters. The molecule has 1 saturated heterocycles. The second-order valence-corrected chi connectivity index (χ2v) is 6.57. The van der Waals surface area contributed by atoms with Gasteiger partial charge in [0, 0.05) is 31.7 Å². The third-order valence-corrected chi connectivity index (χ3v) is 4.64. The third-order valence-electron chi connectivity index (χ3n) is 4.64. The molecule has 1 aliphatic heterocycles. The Morgan fingerprint density at radius 1 is 1.00 bits per heavy atom. The smallest absolute Gasteiger partial charge is 0.0373 e. The Kier molecular flexibility index (Phi) is 9.49. The van der Waals surface area contributed by atoms with Gasteiger partial charge in [0.1, 0.15) is 0 Å². The van der Waals surface area contributed by atoms with Crippen molar-refractivity contribution in [3.8, 4) is 0 Å². The van der Waals surface area contributed by atoms with Crippen LogP contribution in [0.2, 0.25) is 0 Å². The van der Waals surface area contributed by atoms with Gasteiger partial charge in [-0.1, -0.05) is 46.0 Å². The number of hydrogen-bond acceptors (Lipinski definition) is 3. The molecular formula is C17H37N3. The summed E-state index contributed by atoms with van der Waals surface area (Å²) in [6.45, 7) is 9.35. The van der Waals surface area contributed by atoms with Crippen LogP contribution >= 0.6 is 0 Å². The fraction of sp³-hybridized carbons (Fsp3) is 1.00. The summed E-state index contributed by atoms with van der Waals surface area (Å²) in [5.74, 6) is 0. The van der Waals surface area contributed by atoms with Crippen molar-refractivity contribution >= 4 is 0 Å². The number of likely N-dealkylation sites (N-methyl/N-ethyl adjacent to an activating group) is 2. The monoisotopic (exact) mass is 283 g/mol. The van der Waals surface area contributed by atoms with E-state index in [0.29, 0.717) is 12.1 Å². The molecule has 20 heavy (non-hydrogen) atoms. The molecule has 0 aromatic carbocycles. The molecule has 120 valence electrons. The molecule has 3 nitrogen and oxygen atoms in total. The van der Waals surface area contributed by atoms with Crippen LogP contribution in [0.5, 0.6) is 0 Å². The Balaban J connectivity index is 2.40. The third kappa shape index (κ3) is 6.55. The highest BCUT2D eigenvalue weighted by atomic mass is 15.3. The molecule has 3 heteroatoms. The van der Waals surface area contributed by atoms with Crippen LogP contribution < -0.4 is 5.32 Å². The van der Waals surface area contributed by atoms with Crippen molar-refractivity contribution in [3.05, 3.63) is 0 Å². The topological polar surface area (TPSA) is 18.5 Å². The molecule has 0 radical (unpaired) electrons. The minimum atomic E-state index is 0.671. The number of unbranched alkanes of at least 4 members (excludes halogenated alkanes) is 4. The van der Waals surface area contributed by atoms with Crippen molar-refractivity contribution in [2.45, 2.75) is 70.9 Å². The highest BCUT2D eigenvalue weighted by Gasteiger charge is 2.28. The van der Waals surface area contributed by atoms with Gasteiger partial charge < -0.3 is 10.2 Å². The second-order valence-electron chi connectivity index (χ2n) is 6.57. The van der Waals surface area contributed by atoms with Gasteiger partial charge in [0.05, 0.1) is 0 Å². The first kappa shape index (κ1) is 17.9. The minimum absolute atomic E-state index is 0.671. The van der Waals surface area contributed by atoms with E-state index in [1.54, 1.807) is 0 Å². The molecule has 0 bridgehead atoms. The predicted molar refractivity (Wildman–Crippen MR) is 89.4 cm³/mol. The number of rotatable bonds is 10. The maximum Gasteiger partial charge on any atom is 0.0373 e. The molecule has 1 fully saturated rings. The van der Waals surface area contributed by atoms with Crippen molar-refractivity contribution in [2.24, 2.45) is 0 Å². The number of nitrogens with one attached hydrogen (secondary N) is 1. The first-order valence-corrected chi connectivity index (χ1v) is 8.81. The Labute approximate surface area is 127 Å². The molecule has 0 amide bonds. The number of hydrogen-bond donors (Lipinski definition) is 1. The van der Waals surface area contributed by atoms with E-state index >= 15 is 0 Å². The van der Waals surface area contributed by atoms with Gasteiger partial charge >= 0.3 is 0 Å². The lowest BCUT2D eigenvalue weighted by atomic mass is 9.97. The van der Waals surface area contributed by atoms with Gasteiger partial charge in [-0.25, -0.2) is 0 Å². The minimum Gasteiger partial charge on any atom is -0.312 e. The fourth-order valence-electron chi connectivity index (χ4n) is 3.21. The van der Waals surface area contributed by atoms with E-state index in [4.69, 9.17) is 0 Å². The van der Waals surface area contributed by atoms with Gasteiger partial charge in [-0.05, 0) is 33.5 Å². The molecule has 0 aliphatic carbocycles. The summed E-state index contributed by atoms with van der Waals surface area (Å²) in [7, 11) is 4.56. The van der Waals surface area contributed by atoms with Gasteiger partial charge in [-0.2, -0.15) is 0 Å². The van der Waals surface area contributed by atoms with Crippen molar-refractivity contribution in [1.82, 2.24) is 15.1 Å². The van der Waals surface area contributed by atoms with Gasteiger partial charge in [0.15, 0.2) is 0 Å². The quantitative estimate of drug-likeness (QED) is 0.622. The largest absolute Gasteiger partial charge is 0.312 e. The molecule has 1 rings (SSSR count). The highest BCUT2D eigenvalue weighted by molar-refractivity contribution is 4.88. The van der Waals surface area contributed by atoms with E-state index in [1.165, 1.54) is 64.6 Å². The van der Waals surface area contributed by atoms with Crippen LogP contribution in [0.15, 0.2) is 0 Å². The summed E-state index contributed by atoms with van der Waals surface area (Å²) in [5, 5.41) is 3.81. The zero-order valence-electron chi connectivity index (χ0n) is 14.3. The van der Waals surface area contributed by atoms with Crippen LogP contribution in [0, 0.1) is 0 Å². The van der Waals surface area contributed by atoms with E-state index in [0.717, 1.165) is 6.54 Å². The summed E-state index contributed by atoms with van der Waals surface area (Å²) in [6, 6.07) is 1.36. The predicted octanol–water partition coefficient (Wildman–Crippen LogP) is 2.96. The van der Waals surface area contributed by atoms with E-state index in [-0.39, 0.29) is 0 Å². The normalized spacial score (nSPS) is 23.1. The highest BCUT2D eigenvalue weighted by Crippen LogP contribution is 2.16. The zero-order valence-corrected chi connectivity index (χ0v) is 14.3. The maximum absolute atomic E-state index is 3.81. The van der Waals surface area contributed by atoms with Crippen LogP contribution in [0.3, 0.4) is 0 Å². The Bertz CT molecular complexity index is 232. The average Bonchev–Trinajstić information content (AvgIpc) is 2.45. The summed E-state index contributed by atoms with van der Waals surface area (Å²) in [4.78, 5) is 5.06. The van der Waals surface area contributed by atoms with Gasteiger partial charge in [-0.3, -0.25) is 4.90 Å². The molecular weight excluding hydrogens is 246 g/mol. The molecule has 0 saturated carbocycles. The van der Waals surface area contributed by atoms with Crippen molar-refractivity contribution < 1.29 is 0 Å². The summed E-state index contributed by atoms with van der Waals surface area (Å²) in [5.41, 5.74) is 0. The summed E-state index contributed by atoms with van der Waals surface area (Å²) >= 11 is 0. The van der Waals surface area contributed by atoms with Crippen LogP contribution in [0.25, 0.3) is 0 Å². The molecule has 1 heterocycles. The Morgan fingerprint density at radius 2 is 1.75 bits per heavy atom. The van der Waals surface area contributed by atoms with Crippen LogP contribution in [0.1, 0.15) is 58.8 Å². The van der Waals surface area contributed by atoms with Crippen molar-refractivity contribution in [2.75, 3.05) is 40.3 Å². The molecule has 0 spiro atoms. The Morgan fingerprint density at radius 3 is 2.45 bits per heavy atom. The van der Waals surface area contributed by atoms with E-state index in [9.17, 15) is 0 Å². The lowest BCUT2D eigenvalue weighted by Crippen LogP contribution is -2.58. The standard InChI is InChI=1S/C17H37N3/c1-5-7-8-9-10-11-16(18-12-6-2)17-15-19(3)13-14-20(17)4/h16-18H,5-15H2,1-4H3. The van der Waals surface area contributed by atoms with Gasteiger partial charge in [-0.15, -0.1) is 0 Å². The lowest BCUT2D eigenvalue weighted by molar-refractivity contribution is 0.0844. The summed E-state index contributed by atoms with van der Waals surface area (Å²) in [6.07, 6.45) is 9.52. The van der Waals surface area contributed by atoms with Gasteiger partial charge in [0.2, 0.25) is 0 Å².